The normalized spacial score (nSPS) is 13.2. The van der Waals surface area contributed by atoms with Crippen LogP contribution in [-0.4, -0.2) is 21.5 Å². The molecule has 5 nitrogen and oxygen atoms in total. The van der Waals surface area contributed by atoms with Crippen LogP contribution < -0.4 is 11.2 Å². The first-order valence-electron chi connectivity index (χ1n) is 6.23. The summed E-state index contributed by atoms with van der Waals surface area (Å²) in [6, 6.07) is 13.8. The molecule has 4 N–H and O–H groups in total. The van der Waals surface area contributed by atoms with Crippen molar-refractivity contribution in [2.45, 2.75) is 6.54 Å². The highest BCUT2D eigenvalue weighted by Crippen LogP contribution is 2.15. The number of amides is 1. The lowest BCUT2D eigenvalue weighted by Crippen LogP contribution is -2.38. The summed E-state index contributed by atoms with van der Waals surface area (Å²) in [6.45, 7) is 0.547. The minimum atomic E-state index is -0.263. The van der Waals surface area contributed by atoms with Gasteiger partial charge in [-0.2, -0.15) is 10.1 Å². The van der Waals surface area contributed by atoms with Crippen LogP contribution in [0.1, 0.15) is 21.5 Å². The zero-order valence-corrected chi connectivity index (χ0v) is 10.7. The van der Waals surface area contributed by atoms with E-state index in [9.17, 15) is 9.90 Å². The number of nitrogens with two attached hydrogens (primary N) is 1. The summed E-state index contributed by atoms with van der Waals surface area (Å²) in [6.07, 6.45) is 0. The molecule has 0 spiro atoms. The number of fused-ring (bicyclic) bond motifs is 1. The number of aromatic hydroxyl groups is 1. The molecule has 0 saturated carbocycles. The van der Waals surface area contributed by atoms with Gasteiger partial charge in [0.15, 0.2) is 0 Å². The molecule has 1 amide bonds. The number of rotatable bonds is 2. The van der Waals surface area contributed by atoms with Crippen LogP contribution in [0.5, 0.6) is 5.75 Å². The van der Waals surface area contributed by atoms with Crippen molar-refractivity contribution in [2.24, 2.45) is 5.73 Å². The first kappa shape index (κ1) is 12.2. The molecular formula is C15H14N3O2+. The summed E-state index contributed by atoms with van der Waals surface area (Å²) < 4.78 is 1.62. The fraction of sp³-hybridized carbons (Fsp3) is 0.0667. The molecule has 20 heavy (non-hydrogen) atoms. The van der Waals surface area contributed by atoms with Crippen LogP contribution in [-0.2, 0) is 6.54 Å². The van der Waals surface area contributed by atoms with Gasteiger partial charge in [-0.05, 0) is 30.3 Å². The minimum Gasteiger partial charge on any atom is -0.508 e. The Hall–Kier alpha value is -2.82. The summed E-state index contributed by atoms with van der Waals surface area (Å²) in [4.78, 5) is 12.1. The SMILES string of the molecule is NC1=[N+](NC(=O)c2ccc(O)cc2)Cc2ccccc21. The second-order valence-electron chi connectivity index (χ2n) is 4.62. The van der Waals surface area contributed by atoms with E-state index in [1.807, 2.05) is 24.3 Å². The maximum absolute atomic E-state index is 12.1. The first-order chi connectivity index (χ1) is 9.65. The average Bonchev–Trinajstić information content (AvgIpc) is 2.77. The highest BCUT2D eigenvalue weighted by molar-refractivity contribution is 5.98. The van der Waals surface area contributed by atoms with Gasteiger partial charge in [0.2, 0.25) is 0 Å². The molecule has 0 fully saturated rings. The number of carbonyl (C=O) groups is 1. The van der Waals surface area contributed by atoms with Crippen LogP contribution in [0.25, 0.3) is 0 Å². The molecule has 0 radical (unpaired) electrons. The molecule has 0 aliphatic carbocycles. The summed E-state index contributed by atoms with van der Waals surface area (Å²) in [5, 5.41) is 9.22. The maximum Gasteiger partial charge on any atom is 0.299 e. The van der Waals surface area contributed by atoms with Crippen molar-refractivity contribution in [3.8, 4) is 5.75 Å². The number of hydrazone groups is 1. The van der Waals surface area contributed by atoms with Gasteiger partial charge < -0.3 is 5.11 Å². The van der Waals surface area contributed by atoms with E-state index < -0.39 is 0 Å². The Kier molecular flexibility index (Phi) is 2.87. The Labute approximate surface area is 115 Å². The van der Waals surface area contributed by atoms with E-state index in [1.54, 1.807) is 16.8 Å². The van der Waals surface area contributed by atoms with Crippen molar-refractivity contribution in [2.75, 3.05) is 0 Å². The summed E-state index contributed by atoms with van der Waals surface area (Å²) in [5.74, 6) is 0.398. The zero-order valence-electron chi connectivity index (χ0n) is 10.7. The Morgan fingerprint density at radius 1 is 1.15 bits per heavy atom. The number of benzene rings is 2. The Morgan fingerprint density at radius 3 is 2.55 bits per heavy atom. The van der Waals surface area contributed by atoms with Crippen LogP contribution in [0.2, 0.25) is 0 Å². The third-order valence-corrected chi connectivity index (χ3v) is 3.28. The van der Waals surface area contributed by atoms with Crippen molar-refractivity contribution in [1.29, 1.82) is 0 Å². The molecule has 1 aliphatic rings. The predicted molar refractivity (Wildman–Crippen MR) is 74.3 cm³/mol. The van der Waals surface area contributed by atoms with Crippen LogP contribution in [0.15, 0.2) is 48.5 Å². The molecular weight excluding hydrogens is 254 g/mol. The van der Waals surface area contributed by atoms with Crippen molar-refractivity contribution in [3.63, 3.8) is 0 Å². The van der Waals surface area contributed by atoms with E-state index in [2.05, 4.69) is 5.43 Å². The summed E-state index contributed by atoms with van der Waals surface area (Å²) >= 11 is 0. The molecule has 0 unspecified atom stereocenters. The largest absolute Gasteiger partial charge is 0.508 e. The van der Waals surface area contributed by atoms with Gasteiger partial charge in [-0.3, -0.25) is 10.5 Å². The second-order valence-corrected chi connectivity index (χ2v) is 4.62. The number of phenolic OH excluding ortho intramolecular Hbond substituents is 1. The monoisotopic (exact) mass is 268 g/mol. The number of amidine groups is 1. The third kappa shape index (κ3) is 2.09. The predicted octanol–water partition coefficient (Wildman–Crippen LogP) is 0.969. The van der Waals surface area contributed by atoms with E-state index in [-0.39, 0.29) is 11.7 Å². The van der Waals surface area contributed by atoms with Crippen molar-refractivity contribution >= 4 is 11.7 Å². The van der Waals surface area contributed by atoms with Gasteiger partial charge >= 0.3 is 0 Å². The molecule has 0 bridgehead atoms. The minimum absolute atomic E-state index is 0.126. The number of carbonyl (C=O) groups excluding carboxylic acids is 1. The van der Waals surface area contributed by atoms with Crippen molar-refractivity contribution < 1.29 is 14.6 Å². The van der Waals surface area contributed by atoms with Gasteiger partial charge in [0, 0.05) is 11.1 Å². The summed E-state index contributed by atoms with van der Waals surface area (Å²) in [5.41, 5.74) is 11.3. The van der Waals surface area contributed by atoms with Gasteiger partial charge in [-0.25, -0.2) is 0 Å². The number of hydrogen-bond donors (Lipinski definition) is 3. The van der Waals surface area contributed by atoms with Gasteiger partial charge in [-0.1, -0.05) is 18.2 Å². The smallest absolute Gasteiger partial charge is 0.299 e. The topological polar surface area (TPSA) is 78.4 Å². The van der Waals surface area contributed by atoms with Gasteiger partial charge in [0.05, 0.1) is 5.56 Å². The van der Waals surface area contributed by atoms with Gasteiger partial charge in [0.1, 0.15) is 12.3 Å². The van der Waals surface area contributed by atoms with Gasteiger partial charge in [0.25, 0.3) is 11.7 Å². The Morgan fingerprint density at radius 2 is 1.85 bits per heavy atom. The fourth-order valence-electron chi connectivity index (χ4n) is 2.21. The van der Waals surface area contributed by atoms with Gasteiger partial charge in [-0.15, -0.1) is 0 Å². The molecule has 3 rings (SSSR count). The third-order valence-electron chi connectivity index (χ3n) is 3.28. The maximum atomic E-state index is 12.1. The molecule has 1 aliphatic heterocycles. The molecule has 100 valence electrons. The van der Waals surface area contributed by atoms with Crippen LogP contribution in [0, 0.1) is 0 Å². The van der Waals surface area contributed by atoms with E-state index in [0.717, 1.165) is 11.1 Å². The molecule has 0 saturated heterocycles. The standard InChI is InChI=1S/C15H13N3O2/c16-14-13-4-2-1-3-11(13)9-18(14)17-15(20)10-5-7-12(19)8-6-10/h1-8,16H,9H2,(H2,17,19,20)/p+1. The molecule has 2 aromatic carbocycles. The highest BCUT2D eigenvalue weighted by Gasteiger charge is 2.25. The number of hydrogen-bond acceptors (Lipinski definition) is 3. The number of nitrogens with zero attached hydrogens (tertiary/aromatic N) is 1. The number of hydrazine groups is 1. The quantitative estimate of drug-likeness (QED) is 0.710. The highest BCUT2D eigenvalue weighted by atomic mass is 16.3. The van der Waals surface area contributed by atoms with Crippen LogP contribution >= 0.6 is 0 Å². The molecule has 0 atom stereocenters. The van der Waals surface area contributed by atoms with E-state index >= 15 is 0 Å². The zero-order chi connectivity index (χ0) is 14.1. The number of phenols is 1. The molecule has 1 heterocycles. The first-order valence-corrected chi connectivity index (χ1v) is 6.23. The van der Waals surface area contributed by atoms with Crippen LogP contribution in [0.4, 0.5) is 0 Å². The van der Waals surface area contributed by atoms with Crippen molar-refractivity contribution in [1.82, 2.24) is 5.43 Å². The molecule has 0 aromatic heterocycles. The second kappa shape index (κ2) is 4.70. The fourth-order valence-corrected chi connectivity index (χ4v) is 2.21. The van der Waals surface area contributed by atoms with E-state index in [0.29, 0.717) is 17.9 Å². The lowest BCUT2D eigenvalue weighted by molar-refractivity contribution is -0.584. The van der Waals surface area contributed by atoms with Crippen LogP contribution in [0.3, 0.4) is 0 Å². The number of nitrogens with one attached hydrogen (secondary N) is 1. The van der Waals surface area contributed by atoms with Crippen molar-refractivity contribution in [3.05, 3.63) is 65.2 Å². The lowest BCUT2D eigenvalue weighted by Gasteiger charge is -2.05. The summed E-state index contributed by atoms with van der Waals surface area (Å²) in [7, 11) is 0. The van der Waals surface area contributed by atoms with E-state index in [4.69, 9.17) is 5.73 Å². The Balaban J connectivity index is 1.81. The molecule has 5 heteroatoms. The van der Waals surface area contributed by atoms with E-state index in [1.165, 1.54) is 12.1 Å². The molecule has 2 aromatic rings. The Bertz CT molecular complexity index is 705. The average molecular weight is 268 g/mol. The lowest BCUT2D eigenvalue weighted by atomic mass is 10.1.